The van der Waals surface area contributed by atoms with E-state index < -0.39 is 0 Å². The van der Waals surface area contributed by atoms with Gasteiger partial charge in [-0.05, 0) is 35.4 Å². The Labute approximate surface area is 151 Å². The third-order valence-electron chi connectivity index (χ3n) is 4.10. The second kappa shape index (κ2) is 9.37. The number of para-hydroxylation sites is 1. The van der Waals surface area contributed by atoms with Gasteiger partial charge in [0.25, 0.3) is 0 Å². The molecule has 25 heavy (non-hydrogen) atoms. The lowest BCUT2D eigenvalue weighted by Gasteiger charge is -2.20. The first-order valence-electron chi connectivity index (χ1n) is 8.98. The zero-order chi connectivity index (χ0) is 18.2. The quantitative estimate of drug-likeness (QED) is 0.634. The highest BCUT2D eigenvalue weighted by Crippen LogP contribution is 2.33. The average Bonchev–Trinajstić information content (AvgIpc) is 2.59. The van der Waals surface area contributed by atoms with E-state index >= 15 is 0 Å². The van der Waals surface area contributed by atoms with Gasteiger partial charge in [0.15, 0.2) is 0 Å². The largest absolute Gasteiger partial charge is 0.385 e. The van der Waals surface area contributed by atoms with Crippen LogP contribution in [0.5, 0.6) is 0 Å². The van der Waals surface area contributed by atoms with Crippen LogP contribution in [0, 0.1) is 0 Å². The van der Waals surface area contributed by atoms with Gasteiger partial charge >= 0.3 is 0 Å². The van der Waals surface area contributed by atoms with Crippen molar-refractivity contribution >= 4 is 17.5 Å². The van der Waals surface area contributed by atoms with Gasteiger partial charge < -0.3 is 15.4 Å². The van der Waals surface area contributed by atoms with Crippen molar-refractivity contribution in [1.82, 2.24) is 9.97 Å². The number of benzene rings is 1. The van der Waals surface area contributed by atoms with E-state index in [-0.39, 0.29) is 0 Å². The summed E-state index contributed by atoms with van der Waals surface area (Å²) in [6.45, 7) is 10.4. The molecule has 0 bridgehead atoms. The maximum atomic E-state index is 5.07. The van der Waals surface area contributed by atoms with Gasteiger partial charge in [-0.3, -0.25) is 0 Å². The molecular weight excluding hydrogens is 312 g/mol. The Bertz CT molecular complexity index is 644. The third kappa shape index (κ3) is 5.43. The predicted octanol–water partition coefficient (Wildman–Crippen LogP) is 4.92. The van der Waals surface area contributed by atoms with Gasteiger partial charge in [-0.2, -0.15) is 4.98 Å². The number of anilines is 3. The van der Waals surface area contributed by atoms with E-state index in [4.69, 9.17) is 4.74 Å². The van der Waals surface area contributed by atoms with Crippen LogP contribution in [-0.2, 0) is 4.74 Å². The highest BCUT2D eigenvalue weighted by atomic mass is 16.5. The summed E-state index contributed by atoms with van der Waals surface area (Å²) in [5, 5.41) is 6.77. The van der Waals surface area contributed by atoms with E-state index in [1.165, 1.54) is 11.1 Å². The fraction of sp³-hybridized carbons (Fsp3) is 0.500. The molecule has 136 valence electrons. The highest BCUT2D eigenvalue weighted by molar-refractivity contribution is 5.65. The van der Waals surface area contributed by atoms with Crippen LogP contribution < -0.4 is 10.6 Å². The summed E-state index contributed by atoms with van der Waals surface area (Å²) in [4.78, 5) is 8.99. The van der Waals surface area contributed by atoms with Gasteiger partial charge in [0.1, 0.15) is 5.82 Å². The topological polar surface area (TPSA) is 59.1 Å². The maximum absolute atomic E-state index is 5.07. The van der Waals surface area contributed by atoms with Gasteiger partial charge in [0, 0.05) is 32.1 Å². The van der Waals surface area contributed by atoms with Gasteiger partial charge in [0.2, 0.25) is 5.95 Å². The first-order chi connectivity index (χ1) is 12.0. The maximum Gasteiger partial charge on any atom is 0.229 e. The van der Waals surface area contributed by atoms with Crippen molar-refractivity contribution < 1.29 is 4.74 Å². The molecule has 1 heterocycles. The average molecular weight is 342 g/mol. The summed E-state index contributed by atoms with van der Waals surface area (Å²) in [5.74, 6) is 2.29. The fourth-order valence-electron chi connectivity index (χ4n) is 2.76. The molecule has 0 saturated carbocycles. The Morgan fingerprint density at radius 3 is 2.32 bits per heavy atom. The second-order valence-corrected chi connectivity index (χ2v) is 6.78. The fourth-order valence-corrected chi connectivity index (χ4v) is 2.76. The van der Waals surface area contributed by atoms with Gasteiger partial charge in [-0.25, -0.2) is 4.98 Å². The summed E-state index contributed by atoms with van der Waals surface area (Å²) < 4.78 is 5.07. The SMILES string of the molecule is COCCCNc1ccnc(Nc2c(C(C)C)cccc2C(C)C)n1. The van der Waals surface area contributed by atoms with Crippen molar-refractivity contribution in [2.24, 2.45) is 0 Å². The summed E-state index contributed by atoms with van der Waals surface area (Å²) in [5.41, 5.74) is 3.70. The Hall–Kier alpha value is -2.14. The highest BCUT2D eigenvalue weighted by Gasteiger charge is 2.14. The Balaban J connectivity index is 2.21. The summed E-state index contributed by atoms with van der Waals surface area (Å²) in [6, 6.07) is 8.36. The molecule has 5 nitrogen and oxygen atoms in total. The van der Waals surface area contributed by atoms with E-state index in [1.807, 2.05) is 6.07 Å². The Morgan fingerprint density at radius 2 is 1.72 bits per heavy atom. The third-order valence-corrected chi connectivity index (χ3v) is 4.10. The normalized spacial score (nSPS) is 11.2. The molecule has 0 aliphatic rings. The Morgan fingerprint density at radius 1 is 1.04 bits per heavy atom. The van der Waals surface area contributed by atoms with Crippen LogP contribution in [0.25, 0.3) is 0 Å². The number of ether oxygens (including phenoxy) is 1. The summed E-state index contributed by atoms with van der Waals surface area (Å²) in [6.07, 6.45) is 2.72. The molecule has 0 unspecified atom stereocenters. The minimum atomic E-state index is 0.427. The number of aromatic nitrogens is 2. The Kier molecular flexibility index (Phi) is 7.19. The molecule has 5 heteroatoms. The molecular formula is C20H30N4O. The standard InChI is InChI=1S/C20H30N4O/c1-14(2)16-8-6-9-17(15(3)4)19(16)24-20-22-12-10-18(23-20)21-11-7-13-25-5/h6,8-10,12,14-15H,7,11,13H2,1-5H3,(H2,21,22,23,24). The minimum Gasteiger partial charge on any atom is -0.385 e. The van der Waals surface area contributed by atoms with E-state index in [0.29, 0.717) is 17.8 Å². The predicted molar refractivity (Wildman–Crippen MR) is 105 cm³/mol. The van der Waals surface area contributed by atoms with E-state index in [1.54, 1.807) is 13.3 Å². The molecule has 2 N–H and O–H groups in total. The summed E-state index contributed by atoms with van der Waals surface area (Å²) >= 11 is 0. The first kappa shape index (κ1) is 19.2. The number of hydrogen-bond acceptors (Lipinski definition) is 5. The van der Waals surface area contributed by atoms with Crippen molar-refractivity contribution in [2.75, 3.05) is 30.9 Å². The number of nitrogens with zero attached hydrogens (tertiary/aromatic N) is 2. The number of hydrogen-bond donors (Lipinski definition) is 2. The molecule has 2 rings (SSSR count). The monoisotopic (exact) mass is 342 g/mol. The van der Waals surface area contributed by atoms with Crippen molar-refractivity contribution in [1.29, 1.82) is 0 Å². The van der Waals surface area contributed by atoms with Gasteiger partial charge in [-0.15, -0.1) is 0 Å². The van der Waals surface area contributed by atoms with Crippen molar-refractivity contribution in [3.8, 4) is 0 Å². The van der Waals surface area contributed by atoms with Crippen LogP contribution in [0.15, 0.2) is 30.5 Å². The van der Waals surface area contributed by atoms with Crippen LogP contribution in [-0.4, -0.2) is 30.2 Å². The molecule has 1 aromatic heterocycles. The lowest BCUT2D eigenvalue weighted by atomic mass is 9.93. The lowest BCUT2D eigenvalue weighted by molar-refractivity contribution is 0.198. The van der Waals surface area contributed by atoms with E-state index in [9.17, 15) is 0 Å². The molecule has 0 spiro atoms. The summed E-state index contributed by atoms with van der Waals surface area (Å²) in [7, 11) is 1.71. The van der Waals surface area contributed by atoms with Gasteiger partial charge in [0.05, 0.1) is 0 Å². The lowest BCUT2D eigenvalue weighted by Crippen LogP contribution is -2.09. The van der Waals surface area contributed by atoms with Crippen LogP contribution in [0.1, 0.15) is 57.1 Å². The van der Waals surface area contributed by atoms with Crippen molar-refractivity contribution in [2.45, 2.75) is 46.0 Å². The smallest absolute Gasteiger partial charge is 0.229 e. The molecule has 2 aromatic rings. The molecule has 0 atom stereocenters. The van der Waals surface area contributed by atoms with E-state index in [0.717, 1.165) is 31.1 Å². The van der Waals surface area contributed by atoms with Crippen molar-refractivity contribution in [3.05, 3.63) is 41.6 Å². The number of rotatable bonds is 9. The number of methoxy groups -OCH3 is 1. The first-order valence-corrected chi connectivity index (χ1v) is 8.98. The minimum absolute atomic E-state index is 0.427. The van der Waals surface area contributed by atoms with Crippen molar-refractivity contribution in [3.63, 3.8) is 0 Å². The molecule has 0 saturated heterocycles. The van der Waals surface area contributed by atoms with Crippen LogP contribution >= 0.6 is 0 Å². The zero-order valence-corrected chi connectivity index (χ0v) is 16.0. The molecule has 1 aromatic carbocycles. The van der Waals surface area contributed by atoms with Gasteiger partial charge in [-0.1, -0.05) is 45.9 Å². The molecule has 0 fully saturated rings. The molecule has 0 aliphatic carbocycles. The number of nitrogens with one attached hydrogen (secondary N) is 2. The van der Waals surface area contributed by atoms with Crippen LogP contribution in [0.2, 0.25) is 0 Å². The zero-order valence-electron chi connectivity index (χ0n) is 16.0. The molecule has 0 amide bonds. The molecule has 0 aliphatic heterocycles. The van der Waals surface area contributed by atoms with Crippen LogP contribution in [0.4, 0.5) is 17.5 Å². The van der Waals surface area contributed by atoms with E-state index in [2.05, 4.69) is 66.5 Å². The molecule has 0 radical (unpaired) electrons. The van der Waals surface area contributed by atoms with Crippen LogP contribution in [0.3, 0.4) is 0 Å². The second-order valence-electron chi connectivity index (χ2n) is 6.78.